The zero-order valence-corrected chi connectivity index (χ0v) is 8.39. The van der Waals surface area contributed by atoms with Crippen molar-refractivity contribution in [1.29, 1.82) is 0 Å². The quantitative estimate of drug-likeness (QED) is 0.599. The molecule has 1 rings (SSSR count). The van der Waals surface area contributed by atoms with Crippen LogP contribution in [0.2, 0.25) is 0 Å². The van der Waals surface area contributed by atoms with Gasteiger partial charge in [-0.1, -0.05) is 12.1 Å². The molecule has 0 aliphatic carbocycles. The van der Waals surface area contributed by atoms with Crippen molar-refractivity contribution in [1.82, 2.24) is 0 Å². The summed E-state index contributed by atoms with van der Waals surface area (Å²) in [5, 5.41) is 8.50. The smallest absolute Gasteiger partial charge is 0.172 e. The zero-order chi connectivity index (χ0) is 10.4. The van der Waals surface area contributed by atoms with E-state index in [2.05, 4.69) is 0 Å². The topological polar surface area (TPSA) is 37.3 Å². The number of benzene rings is 1. The van der Waals surface area contributed by atoms with Crippen LogP contribution in [-0.4, -0.2) is 29.0 Å². The fraction of sp³-hybridized carbons (Fsp3) is 0.300. The normalized spacial score (nSPS) is 10.1. The lowest BCUT2D eigenvalue weighted by Gasteiger charge is -1.99. The molecular weight excluding hydrogens is 203 g/mol. The monoisotopic (exact) mass is 214 g/mol. The van der Waals surface area contributed by atoms with Crippen LogP contribution in [0.4, 0.5) is 4.39 Å². The molecule has 0 saturated carbocycles. The zero-order valence-electron chi connectivity index (χ0n) is 7.57. The number of carbonyl (C=O) groups excluding carboxylic acids is 1. The maximum absolute atomic E-state index is 12.7. The lowest BCUT2D eigenvalue weighted by atomic mass is 10.1. The Labute approximate surface area is 86.1 Å². The molecule has 0 bridgehead atoms. The Morgan fingerprint density at radius 1 is 1.50 bits per heavy atom. The first-order valence-electron chi connectivity index (χ1n) is 4.21. The van der Waals surface area contributed by atoms with Crippen molar-refractivity contribution in [2.75, 3.05) is 18.1 Å². The van der Waals surface area contributed by atoms with Crippen LogP contribution in [-0.2, 0) is 0 Å². The lowest BCUT2D eigenvalue weighted by Crippen LogP contribution is -2.04. The van der Waals surface area contributed by atoms with Crippen LogP contribution in [0.3, 0.4) is 0 Å². The van der Waals surface area contributed by atoms with Crippen LogP contribution in [0.15, 0.2) is 24.3 Å². The van der Waals surface area contributed by atoms with E-state index in [1.165, 1.54) is 30.0 Å². The van der Waals surface area contributed by atoms with Crippen molar-refractivity contribution < 1.29 is 14.3 Å². The number of aliphatic hydroxyl groups excluding tert-OH is 1. The Morgan fingerprint density at radius 2 is 2.29 bits per heavy atom. The molecule has 2 nitrogen and oxygen atoms in total. The summed E-state index contributed by atoms with van der Waals surface area (Å²) >= 11 is 1.34. The molecule has 0 atom stereocenters. The minimum atomic E-state index is -0.400. The number of ketones is 1. The highest BCUT2D eigenvalue weighted by molar-refractivity contribution is 8.00. The van der Waals surface area contributed by atoms with Crippen LogP contribution in [0.25, 0.3) is 0 Å². The number of halogens is 1. The van der Waals surface area contributed by atoms with E-state index in [9.17, 15) is 9.18 Å². The van der Waals surface area contributed by atoms with Crippen molar-refractivity contribution in [3.8, 4) is 0 Å². The number of hydrogen-bond donors (Lipinski definition) is 1. The Kier molecular flexibility index (Phi) is 4.62. The molecule has 0 aliphatic heterocycles. The van der Waals surface area contributed by atoms with Gasteiger partial charge in [-0.2, -0.15) is 11.8 Å². The molecule has 4 heteroatoms. The second-order valence-electron chi connectivity index (χ2n) is 2.71. The summed E-state index contributed by atoms with van der Waals surface area (Å²) in [5.41, 5.74) is 0.385. The fourth-order valence-electron chi connectivity index (χ4n) is 0.975. The Hall–Kier alpha value is -0.870. The summed E-state index contributed by atoms with van der Waals surface area (Å²) < 4.78 is 12.7. The highest BCUT2D eigenvalue weighted by atomic mass is 32.2. The van der Waals surface area contributed by atoms with Gasteiger partial charge in [-0.3, -0.25) is 4.79 Å². The first-order valence-corrected chi connectivity index (χ1v) is 5.37. The van der Waals surface area contributed by atoms with E-state index in [0.717, 1.165) is 0 Å². The van der Waals surface area contributed by atoms with E-state index in [0.29, 0.717) is 11.3 Å². The van der Waals surface area contributed by atoms with Crippen molar-refractivity contribution in [2.45, 2.75) is 0 Å². The molecule has 0 fully saturated rings. The molecule has 1 N–H and O–H groups in total. The first kappa shape index (κ1) is 11.2. The second-order valence-corrected chi connectivity index (χ2v) is 3.81. The van der Waals surface area contributed by atoms with Gasteiger partial charge in [0.25, 0.3) is 0 Å². The largest absolute Gasteiger partial charge is 0.396 e. The van der Waals surface area contributed by atoms with Gasteiger partial charge in [-0.25, -0.2) is 4.39 Å². The number of hydrogen-bond acceptors (Lipinski definition) is 3. The van der Waals surface area contributed by atoms with E-state index >= 15 is 0 Å². The van der Waals surface area contributed by atoms with Gasteiger partial charge < -0.3 is 5.11 Å². The van der Waals surface area contributed by atoms with Gasteiger partial charge in [0, 0.05) is 11.3 Å². The molecular formula is C10H11FO2S. The van der Waals surface area contributed by atoms with Gasteiger partial charge in [-0.05, 0) is 12.1 Å². The van der Waals surface area contributed by atoms with Crippen molar-refractivity contribution in [3.05, 3.63) is 35.6 Å². The summed E-state index contributed by atoms with van der Waals surface area (Å²) in [7, 11) is 0. The average molecular weight is 214 g/mol. The molecule has 0 heterocycles. The standard InChI is InChI=1S/C10H11FO2S/c11-9-3-1-2-8(6-9)10(13)7-14-5-4-12/h1-3,6,12H,4-5,7H2. The van der Waals surface area contributed by atoms with E-state index in [1.54, 1.807) is 6.07 Å². The van der Waals surface area contributed by atoms with Crippen LogP contribution >= 0.6 is 11.8 Å². The highest BCUT2D eigenvalue weighted by Gasteiger charge is 2.05. The molecule has 0 aromatic heterocycles. The average Bonchev–Trinajstić information content (AvgIpc) is 2.18. The van der Waals surface area contributed by atoms with Crippen molar-refractivity contribution in [3.63, 3.8) is 0 Å². The van der Waals surface area contributed by atoms with Gasteiger partial charge >= 0.3 is 0 Å². The molecule has 0 unspecified atom stereocenters. The van der Waals surface area contributed by atoms with Gasteiger partial charge in [0.2, 0.25) is 0 Å². The summed E-state index contributed by atoms with van der Waals surface area (Å²) in [4.78, 5) is 11.4. The summed E-state index contributed by atoms with van der Waals surface area (Å²) in [6.45, 7) is 0.0566. The molecule has 0 amide bonds. The highest BCUT2D eigenvalue weighted by Crippen LogP contribution is 2.08. The molecule has 76 valence electrons. The van der Waals surface area contributed by atoms with Crippen LogP contribution < -0.4 is 0 Å². The number of thioether (sulfide) groups is 1. The third-order valence-corrected chi connectivity index (χ3v) is 2.55. The maximum atomic E-state index is 12.7. The Morgan fingerprint density at radius 3 is 2.93 bits per heavy atom. The number of carbonyl (C=O) groups is 1. The Bertz CT molecular complexity index is 315. The predicted molar refractivity (Wildman–Crippen MR) is 55.1 cm³/mol. The Balaban J connectivity index is 2.52. The van der Waals surface area contributed by atoms with Gasteiger partial charge in [0.1, 0.15) is 5.82 Å². The SMILES string of the molecule is O=C(CSCCO)c1cccc(F)c1. The van der Waals surface area contributed by atoms with Crippen LogP contribution in [0, 0.1) is 5.82 Å². The maximum Gasteiger partial charge on any atom is 0.172 e. The van der Waals surface area contributed by atoms with E-state index in [4.69, 9.17) is 5.11 Å². The van der Waals surface area contributed by atoms with Crippen molar-refractivity contribution in [2.24, 2.45) is 0 Å². The minimum Gasteiger partial charge on any atom is -0.396 e. The van der Waals surface area contributed by atoms with E-state index in [1.807, 2.05) is 0 Å². The molecule has 14 heavy (non-hydrogen) atoms. The number of rotatable bonds is 5. The first-order chi connectivity index (χ1) is 6.74. The molecule has 0 aliphatic rings. The van der Waals surface area contributed by atoms with E-state index < -0.39 is 5.82 Å². The fourth-order valence-corrected chi connectivity index (χ4v) is 1.60. The second kappa shape index (κ2) is 5.78. The van der Waals surface area contributed by atoms with Gasteiger partial charge in [-0.15, -0.1) is 0 Å². The molecule has 1 aromatic rings. The minimum absolute atomic E-state index is 0.0566. The third kappa shape index (κ3) is 3.47. The molecule has 0 spiro atoms. The predicted octanol–water partition coefficient (Wildman–Crippen LogP) is 1.73. The summed E-state index contributed by atoms with van der Waals surface area (Å²) in [6.07, 6.45) is 0. The van der Waals surface area contributed by atoms with Gasteiger partial charge in [0.05, 0.1) is 12.4 Å². The van der Waals surface area contributed by atoms with Gasteiger partial charge in [0.15, 0.2) is 5.78 Å². The van der Waals surface area contributed by atoms with Crippen molar-refractivity contribution >= 4 is 17.5 Å². The summed E-state index contributed by atoms with van der Waals surface area (Å²) in [6, 6.07) is 5.63. The number of aliphatic hydroxyl groups is 1. The molecule has 0 saturated heterocycles. The summed E-state index contributed by atoms with van der Waals surface area (Å²) in [5.74, 6) is 0.302. The molecule has 1 aromatic carbocycles. The van der Waals surface area contributed by atoms with Crippen LogP contribution in [0.5, 0.6) is 0 Å². The molecule has 0 radical (unpaired) electrons. The van der Waals surface area contributed by atoms with E-state index in [-0.39, 0.29) is 18.1 Å². The third-order valence-electron chi connectivity index (χ3n) is 1.62. The van der Waals surface area contributed by atoms with Crippen LogP contribution in [0.1, 0.15) is 10.4 Å². The number of Topliss-reactive ketones (excluding diaryl/α,β-unsaturated/α-hetero) is 1. The lowest BCUT2D eigenvalue weighted by molar-refractivity contribution is 0.102.